The van der Waals surface area contributed by atoms with Gasteiger partial charge in [-0.2, -0.15) is 13.2 Å². The number of carbonyl (C=O) groups is 2. The number of benzene rings is 2. The summed E-state index contributed by atoms with van der Waals surface area (Å²) in [7, 11) is 0. The molecular weight excluding hydrogens is 461 g/mol. The van der Waals surface area contributed by atoms with E-state index in [0.717, 1.165) is 22.6 Å². The molecule has 178 valence electrons. The van der Waals surface area contributed by atoms with Gasteiger partial charge < -0.3 is 10.2 Å². The lowest BCUT2D eigenvalue weighted by molar-refractivity contribution is -0.139. The highest BCUT2D eigenvalue weighted by molar-refractivity contribution is 7.10. The molecule has 1 fully saturated rings. The van der Waals surface area contributed by atoms with Gasteiger partial charge in [0.2, 0.25) is 11.8 Å². The molecule has 0 radical (unpaired) electrons. The van der Waals surface area contributed by atoms with Crippen molar-refractivity contribution >= 4 is 23.2 Å². The average molecular weight is 487 g/mol. The maximum atomic E-state index is 13.2. The molecule has 1 aromatic heterocycles. The van der Waals surface area contributed by atoms with Crippen LogP contribution in [0.15, 0.2) is 72.1 Å². The molecule has 1 N–H and O–H groups in total. The van der Waals surface area contributed by atoms with Crippen LogP contribution in [0.3, 0.4) is 0 Å². The molecule has 2 heterocycles. The van der Waals surface area contributed by atoms with Crippen molar-refractivity contribution in [2.75, 3.05) is 6.54 Å². The van der Waals surface area contributed by atoms with Crippen LogP contribution >= 0.6 is 11.3 Å². The molecule has 0 saturated carbocycles. The first kappa shape index (κ1) is 24.0. The maximum Gasteiger partial charge on any atom is 0.416 e. The van der Waals surface area contributed by atoms with Crippen molar-refractivity contribution in [1.29, 1.82) is 0 Å². The largest absolute Gasteiger partial charge is 0.416 e. The Morgan fingerprint density at radius 3 is 2.50 bits per heavy atom. The number of alkyl halides is 3. The summed E-state index contributed by atoms with van der Waals surface area (Å²) in [6.45, 7) is 0.280. The Morgan fingerprint density at radius 1 is 1.00 bits per heavy atom. The first-order valence-corrected chi connectivity index (χ1v) is 12.0. The maximum absolute atomic E-state index is 13.2. The van der Waals surface area contributed by atoms with Crippen molar-refractivity contribution in [3.05, 3.63) is 93.7 Å². The quantitative estimate of drug-likeness (QED) is 0.493. The van der Waals surface area contributed by atoms with Crippen LogP contribution in [0, 0.1) is 5.92 Å². The summed E-state index contributed by atoms with van der Waals surface area (Å²) in [6, 6.07) is 18.4. The van der Waals surface area contributed by atoms with Gasteiger partial charge in [0.25, 0.3) is 0 Å². The molecule has 1 aliphatic rings. The van der Waals surface area contributed by atoms with Crippen molar-refractivity contribution < 1.29 is 22.8 Å². The smallest absolute Gasteiger partial charge is 0.352 e. The summed E-state index contributed by atoms with van der Waals surface area (Å²) in [5.74, 6) is -0.706. The number of hydrogen-bond donors (Lipinski definition) is 1. The van der Waals surface area contributed by atoms with Crippen LogP contribution in [0.2, 0.25) is 0 Å². The minimum absolute atomic E-state index is 0.00447. The van der Waals surface area contributed by atoms with Crippen molar-refractivity contribution in [3.8, 4) is 0 Å². The van der Waals surface area contributed by atoms with Gasteiger partial charge in [0.15, 0.2) is 0 Å². The van der Waals surface area contributed by atoms with Gasteiger partial charge in [-0.15, -0.1) is 11.3 Å². The molecule has 4 rings (SSSR count). The molecule has 4 nitrogen and oxygen atoms in total. The predicted octanol–water partition coefficient (Wildman–Crippen LogP) is 5.61. The van der Waals surface area contributed by atoms with E-state index in [-0.39, 0.29) is 37.4 Å². The molecule has 2 aromatic carbocycles. The monoisotopic (exact) mass is 486 g/mol. The van der Waals surface area contributed by atoms with Crippen LogP contribution in [-0.4, -0.2) is 23.3 Å². The Hall–Kier alpha value is -3.13. The lowest BCUT2D eigenvalue weighted by Gasteiger charge is -2.39. The zero-order valence-electron chi connectivity index (χ0n) is 18.4. The number of thiophene rings is 1. The Bertz CT molecular complexity index is 1120. The number of nitrogens with zero attached hydrogens (tertiary/aromatic N) is 1. The Balaban J connectivity index is 1.44. The normalized spacial score (nSPS) is 18.5. The standard InChI is InChI=1S/C26H25F3N2O2S/c27-26(28,29)21-9-4-6-18(14-21)16-30-25(33)20-11-12-23(19-7-2-1-3-8-19)31(17-20)24(32)15-22-10-5-13-34-22/h1-10,13-14,20,23H,11-12,15-17H2,(H,30,33)/t20-,23+/m0/s1. The molecule has 2 atom stereocenters. The third-order valence-corrected chi connectivity index (χ3v) is 6.96. The van der Waals surface area contributed by atoms with Crippen LogP contribution in [0.25, 0.3) is 0 Å². The average Bonchev–Trinajstić information content (AvgIpc) is 3.35. The zero-order valence-corrected chi connectivity index (χ0v) is 19.2. The Labute approximate surface area is 200 Å². The number of rotatable bonds is 6. The van der Waals surface area contributed by atoms with Crippen molar-refractivity contribution in [3.63, 3.8) is 0 Å². The third-order valence-electron chi connectivity index (χ3n) is 6.08. The van der Waals surface area contributed by atoms with E-state index in [1.165, 1.54) is 17.4 Å². The number of piperidine rings is 1. The van der Waals surface area contributed by atoms with Gasteiger partial charge in [-0.1, -0.05) is 48.5 Å². The van der Waals surface area contributed by atoms with E-state index in [4.69, 9.17) is 0 Å². The summed E-state index contributed by atoms with van der Waals surface area (Å²) in [4.78, 5) is 28.9. The van der Waals surface area contributed by atoms with Crippen LogP contribution in [0.4, 0.5) is 13.2 Å². The van der Waals surface area contributed by atoms with E-state index in [0.29, 0.717) is 18.4 Å². The molecule has 0 unspecified atom stereocenters. The molecular formula is C26H25F3N2O2S. The second-order valence-corrected chi connectivity index (χ2v) is 9.45. The molecule has 0 bridgehead atoms. The topological polar surface area (TPSA) is 49.4 Å². The molecule has 3 aromatic rings. The zero-order chi connectivity index (χ0) is 24.1. The fourth-order valence-corrected chi connectivity index (χ4v) is 5.03. The summed E-state index contributed by atoms with van der Waals surface area (Å²) >= 11 is 1.52. The fourth-order valence-electron chi connectivity index (χ4n) is 4.34. The summed E-state index contributed by atoms with van der Waals surface area (Å²) in [5.41, 5.74) is 0.671. The van der Waals surface area contributed by atoms with E-state index >= 15 is 0 Å². The van der Waals surface area contributed by atoms with Crippen LogP contribution in [0.5, 0.6) is 0 Å². The van der Waals surface area contributed by atoms with Crippen LogP contribution in [-0.2, 0) is 28.7 Å². The number of likely N-dealkylation sites (tertiary alicyclic amines) is 1. The van der Waals surface area contributed by atoms with Crippen LogP contribution < -0.4 is 5.32 Å². The molecule has 8 heteroatoms. The fraction of sp³-hybridized carbons (Fsp3) is 0.308. The number of nitrogens with one attached hydrogen (secondary N) is 1. The minimum atomic E-state index is -4.43. The molecule has 2 amide bonds. The van der Waals surface area contributed by atoms with Crippen LogP contribution in [0.1, 0.15) is 40.5 Å². The van der Waals surface area contributed by atoms with E-state index in [1.807, 2.05) is 47.8 Å². The first-order valence-electron chi connectivity index (χ1n) is 11.1. The second-order valence-electron chi connectivity index (χ2n) is 8.42. The first-order chi connectivity index (χ1) is 16.3. The number of hydrogen-bond acceptors (Lipinski definition) is 3. The highest BCUT2D eigenvalue weighted by atomic mass is 32.1. The van der Waals surface area contributed by atoms with Crippen molar-refractivity contribution in [2.24, 2.45) is 5.92 Å². The Kier molecular flexibility index (Phi) is 7.36. The van der Waals surface area contributed by atoms with Gasteiger partial charge in [-0.25, -0.2) is 0 Å². The number of amides is 2. The molecule has 1 aliphatic heterocycles. The van der Waals surface area contributed by atoms with Crippen molar-refractivity contribution in [1.82, 2.24) is 10.2 Å². The van der Waals surface area contributed by atoms with Gasteiger partial charge in [0.1, 0.15) is 0 Å². The Morgan fingerprint density at radius 2 is 1.79 bits per heavy atom. The van der Waals surface area contributed by atoms with E-state index < -0.39 is 17.7 Å². The lowest BCUT2D eigenvalue weighted by Crippen LogP contribution is -2.47. The lowest BCUT2D eigenvalue weighted by atomic mass is 9.88. The van der Waals surface area contributed by atoms with Gasteiger partial charge in [0.05, 0.1) is 23.9 Å². The molecule has 0 aliphatic carbocycles. The van der Waals surface area contributed by atoms with Crippen molar-refractivity contribution in [2.45, 2.75) is 38.0 Å². The number of halogens is 3. The van der Waals surface area contributed by atoms with E-state index in [1.54, 1.807) is 11.0 Å². The van der Waals surface area contributed by atoms with Gasteiger partial charge in [-0.05, 0) is 47.5 Å². The minimum Gasteiger partial charge on any atom is -0.352 e. The molecule has 1 saturated heterocycles. The summed E-state index contributed by atoms with van der Waals surface area (Å²) in [5, 5.41) is 4.69. The van der Waals surface area contributed by atoms with E-state index in [9.17, 15) is 22.8 Å². The highest BCUT2D eigenvalue weighted by Crippen LogP contribution is 2.34. The van der Waals surface area contributed by atoms with Gasteiger partial charge in [0, 0.05) is 18.0 Å². The predicted molar refractivity (Wildman–Crippen MR) is 125 cm³/mol. The molecule has 0 spiro atoms. The highest BCUT2D eigenvalue weighted by Gasteiger charge is 2.35. The third kappa shape index (κ3) is 5.86. The number of carbonyl (C=O) groups excluding carboxylic acids is 2. The summed E-state index contributed by atoms with van der Waals surface area (Å²) in [6.07, 6.45) is -2.92. The van der Waals surface area contributed by atoms with Gasteiger partial charge in [-0.3, -0.25) is 9.59 Å². The molecule has 34 heavy (non-hydrogen) atoms. The van der Waals surface area contributed by atoms with E-state index in [2.05, 4.69) is 5.32 Å². The summed E-state index contributed by atoms with van der Waals surface area (Å²) < 4.78 is 38.9. The SMILES string of the molecule is O=C(NCc1cccc(C(F)(F)F)c1)[C@H]1CC[C@H](c2ccccc2)N(C(=O)Cc2cccs2)C1. The second kappa shape index (κ2) is 10.4. The van der Waals surface area contributed by atoms with Gasteiger partial charge >= 0.3 is 6.18 Å².